The highest BCUT2D eigenvalue weighted by Gasteiger charge is 2.49. The molecule has 2 unspecified atom stereocenters. The van der Waals surface area contributed by atoms with E-state index in [1.165, 1.54) is 0 Å². The van der Waals surface area contributed by atoms with E-state index in [0.717, 1.165) is 23.4 Å². The van der Waals surface area contributed by atoms with Crippen LogP contribution in [-0.4, -0.2) is 26.5 Å². The Hall–Kier alpha value is -1.00. The van der Waals surface area contributed by atoms with Crippen LogP contribution < -0.4 is 0 Å². The summed E-state index contributed by atoms with van der Waals surface area (Å²) in [7, 11) is 0. The van der Waals surface area contributed by atoms with Gasteiger partial charge in [-0.15, -0.1) is 0 Å². The van der Waals surface area contributed by atoms with Crippen molar-refractivity contribution >= 4 is 0 Å². The lowest BCUT2D eigenvalue weighted by Gasteiger charge is -2.30. The van der Waals surface area contributed by atoms with Crippen molar-refractivity contribution in [2.24, 2.45) is 5.92 Å². The summed E-state index contributed by atoms with van der Waals surface area (Å²) in [5, 5.41) is 18.9. The van der Waals surface area contributed by atoms with Gasteiger partial charge in [-0.1, -0.05) is 0 Å². The summed E-state index contributed by atoms with van der Waals surface area (Å²) in [6.45, 7) is 12.0. The van der Waals surface area contributed by atoms with Crippen molar-refractivity contribution in [2.75, 3.05) is 0 Å². The van der Waals surface area contributed by atoms with Crippen LogP contribution in [0.4, 0.5) is 0 Å². The summed E-state index contributed by atoms with van der Waals surface area (Å²) < 4.78 is 6.07. The van der Waals surface area contributed by atoms with E-state index in [-0.39, 0.29) is 17.1 Å². The molecule has 0 saturated carbocycles. The molecule has 0 spiro atoms. The van der Waals surface area contributed by atoms with Gasteiger partial charge in [-0.2, -0.15) is 10.2 Å². The first-order valence-corrected chi connectivity index (χ1v) is 6.81. The standard InChI is InChI=1S/C15H24N2O2/c1-9-7-11(10(2)17-16-9)13(18)12-8-14(3,4)19-15(12,5)6/h7,12-13,18H,8H2,1-6H3. The van der Waals surface area contributed by atoms with E-state index in [4.69, 9.17) is 4.74 Å². The SMILES string of the molecule is Cc1cc(C(O)C2CC(C)(C)OC2(C)C)c(C)nn1. The van der Waals surface area contributed by atoms with Gasteiger partial charge in [0, 0.05) is 11.5 Å². The van der Waals surface area contributed by atoms with E-state index in [9.17, 15) is 5.11 Å². The number of hydrogen-bond acceptors (Lipinski definition) is 4. The number of ether oxygens (including phenoxy) is 1. The molecule has 0 bridgehead atoms. The van der Waals surface area contributed by atoms with Crippen LogP contribution in [0, 0.1) is 19.8 Å². The van der Waals surface area contributed by atoms with Gasteiger partial charge in [-0.3, -0.25) is 0 Å². The summed E-state index contributed by atoms with van der Waals surface area (Å²) in [4.78, 5) is 0. The van der Waals surface area contributed by atoms with E-state index < -0.39 is 6.10 Å². The molecule has 19 heavy (non-hydrogen) atoms. The van der Waals surface area contributed by atoms with Crippen LogP contribution in [0.2, 0.25) is 0 Å². The monoisotopic (exact) mass is 264 g/mol. The maximum absolute atomic E-state index is 10.7. The van der Waals surface area contributed by atoms with Gasteiger partial charge in [0.05, 0.1) is 28.7 Å². The molecule has 1 fully saturated rings. The largest absolute Gasteiger partial charge is 0.388 e. The normalized spacial score (nSPS) is 26.4. The van der Waals surface area contributed by atoms with Gasteiger partial charge in [0.2, 0.25) is 0 Å². The number of aromatic nitrogens is 2. The molecule has 0 aromatic carbocycles. The predicted octanol–water partition coefficient (Wildman–Crippen LogP) is 2.72. The molecule has 1 aliphatic rings. The Kier molecular flexibility index (Phi) is 3.43. The second-order valence-corrected chi connectivity index (χ2v) is 6.75. The lowest BCUT2D eigenvalue weighted by molar-refractivity contribution is -0.0881. The van der Waals surface area contributed by atoms with Gasteiger partial charge in [-0.25, -0.2) is 0 Å². The third kappa shape index (κ3) is 2.79. The molecule has 2 atom stereocenters. The van der Waals surface area contributed by atoms with Crippen LogP contribution >= 0.6 is 0 Å². The number of rotatable bonds is 2. The van der Waals surface area contributed by atoms with Crippen molar-refractivity contribution in [3.05, 3.63) is 23.0 Å². The fraction of sp³-hybridized carbons (Fsp3) is 0.733. The Morgan fingerprint density at radius 1 is 1.26 bits per heavy atom. The highest BCUT2D eigenvalue weighted by molar-refractivity contribution is 5.24. The molecule has 1 aromatic rings. The number of nitrogens with zero attached hydrogens (tertiary/aromatic N) is 2. The number of hydrogen-bond donors (Lipinski definition) is 1. The Morgan fingerprint density at radius 3 is 2.42 bits per heavy atom. The molecule has 1 N–H and O–H groups in total. The molecule has 1 aromatic heterocycles. The molecule has 0 amide bonds. The van der Waals surface area contributed by atoms with E-state index >= 15 is 0 Å². The van der Waals surface area contributed by atoms with Crippen LogP contribution in [-0.2, 0) is 4.74 Å². The molecule has 4 heteroatoms. The summed E-state index contributed by atoms with van der Waals surface area (Å²) in [5.74, 6) is 0.0600. The zero-order valence-corrected chi connectivity index (χ0v) is 12.7. The van der Waals surface area contributed by atoms with Crippen molar-refractivity contribution in [3.8, 4) is 0 Å². The zero-order valence-electron chi connectivity index (χ0n) is 12.7. The van der Waals surface area contributed by atoms with Gasteiger partial charge < -0.3 is 9.84 Å². The molecule has 1 saturated heterocycles. The highest BCUT2D eigenvalue weighted by Crippen LogP contribution is 2.47. The van der Waals surface area contributed by atoms with Crippen LogP contribution in [0.3, 0.4) is 0 Å². The molecule has 2 heterocycles. The van der Waals surface area contributed by atoms with Crippen molar-refractivity contribution in [3.63, 3.8) is 0 Å². The van der Waals surface area contributed by atoms with E-state index in [1.807, 2.05) is 33.8 Å². The van der Waals surface area contributed by atoms with Gasteiger partial charge >= 0.3 is 0 Å². The topological polar surface area (TPSA) is 55.2 Å². The minimum Gasteiger partial charge on any atom is -0.388 e. The smallest absolute Gasteiger partial charge is 0.0865 e. The van der Waals surface area contributed by atoms with Crippen LogP contribution in [0.1, 0.15) is 57.2 Å². The molecule has 2 rings (SSSR count). The predicted molar refractivity (Wildman–Crippen MR) is 73.8 cm³/mol. The molecule has 0 radical (unpaired) electrons. The Labute approximate surface area is 115 Å². The first kappa shape index (κ1) is 14.4. The van der Waals surface area contributed by atoms with Crippen molar-refractivity contribution in [1.82, 2.24) is 10.2 Å². The summed E-state index contributed by atoms with van der Waals surface area (Å²) in [6.07, 6.45) is 0.271. The summed E-state index contributed by atoms with van der Waals surface area (Å²) in [5.41, 5.74) is 1.95. The minimum absolute atomic E-state index is 0.0600. The lowest BCUT2D eigenvalue weighted by Crippen LogP contribution is -2.33. The fourth-order valence-corrected chi connectivity index (χ4v) is 3.18. The average molecular weight is 264 g/mol. The van der Waals surface area contributed by atoms with E-state index in [1.54, 1.807) is 0 Å². The van der Waals surface area contributed by atoms with Gasteiger partial charge in [0.25, 0.3) is 0 Å². The summed E-state index contributed by atoms with van der Waals surface area (Å²) in [6, 6.07) is 1.92. The van der Waals surface area contributed by atoms with E-state index in [0.29, 0.717) is 0 Å². The second kappa shape index (κ2) is 4.53. The summed E-state index contributed by atoms with van der Waals surface area (Å²) >= 11 is 0. The fourth-order valence-electron chi connectivity index (χ4n) is 3.18. The van der Waals surface area contributed by atoms with Crippen molar-refractivity contribution in [2.45, 2.75) is 65.3 Å². The minimum atomic E-state index is -0.564. The van der Waals surface area contributed by atoms with Crippen molar-refractivity contribution < 1.29 is 9.84 Å². The average Bonchev–Trinajstić information content (AvgIpc) is 2.49. The third-order valence-electron chi connectivity index (χ3n) is 3.98. The highest BCUT2D eigenvalue weighted by atomic mass is 16.5. The Bertz CT molecular complexity index is 483. The number of aliphatic hydroxyl groups excluding tert-OH is 1. The number of aliphatic hydroxyl groups is 1. The zero-order chi connectivity index (χ0) is 14.4. The van der Waals surface area contributed by atoms with Crippen molar-refractivity contribution in [1.29, 1.82) is 0 Å². The van der Waals surface area contributed by atoms with Crippen LogP contribution in [0.5, 0.6) is 0 Å². The van der Waals surface area contributed by atoms with Crippen LogP contribution in [0.25, 0.3) is 0 Å². The van der Waals surface area contributed by atoms with Gasteiger partial charge in [-0.05, 0) is 54.0 Å². The quantitative estimate of drug-likeness (QED) is 0.892. The maximum Gasteiger partial charge on any atom is 0.0865 e. The molecule has 1 aliphatic heterocycles. The van der Waals surface area contributed by atoms with Gasteiger partial charge in [0.15, 0.2) is 0 Å². The van der Waals surface area contributed by atoms with Gasteiger partial charge in [0.1, 0.15) is 0 Å². The van der Waals surface area contributed by atoms with E-state index in [2.05, 4.69) is 24.0 Å². The third-order valence-corrected chi connectivity index (χ3v) is 3.98. The molecular formula is C15H24N2O2. The second-order valence-electron chi connectivity index (χ2n) is 6.75. The number of aryl methyl sites for hydroxylation is 2. The first-order valence-electron chi connectivity index (χ1n) is 6.81. The lowest BCUT2D eigenvalue weighted by atomic mass is 9.80. The maximum atomic E-state index is 10.7. The Morgan fingerprint density at radius 2 is 1.89 bits per heavy atom. The molecule has 106 valence electrons. The molecule has 0 aliphatic carbocycles. The molecule has 4 nitrogen and oxygen atoms in total. The molecular weight excluding hydrogens is 240 g/mol. The van der Waals surface area contributed by atoms with Crippen LogP contribution in [0.15, 0.2) is 6.07 Å². The Balaban J connectivity index is 2.34. The first-order chi connectivity index (χ1) is 8.62.